The standard InChI is InChI=1S/C11H23N3/c1-8(2)11(9(3)4)7-12-14-13-10(5)6/h8,10H,7H2,1-6H3,(H,12,13). The van der Waals surface area contributed by atoms with E-state index >= 15 is 0 Å². The lowest BCUT2D eigenvalue weighted by Crippen LogP contribution is -2.15. The normalized spacial score (nSPS) is 11.4. The van der Waals surface area contributed by atoms with Crippen LogP contribution >= 0.6 is 0 Å². The van der Waals surface area contributed by atoms with Gasteiger partial charge in [0.05, 0.1) is 6.54 Å². The highest BCUT2D eigenvalue weighted by molar-refractivity contribution is 5.13. The van der Waals surface area contributed by atoms with E-state index < -0.39 is 0 Å². The van der Waals surface area contributed by atoms with Gasteiger partial charge in [0.1, 0.15) is 0 Å². The van der Waals surface area contributed by atoms with Crippen molar-refractivity contribution in [2.24, 2.45) is 16.3 Å². The molecule has 0 aromatic carbocycles. The van der Waals surface area contributed by atoms with E-state index in [0.717, 1.165) is 0 Å². The predicted molar refractivity (Wildman–Crippen MR) is 61.2 cm³/mol. The second kappa shape index (κ2) is 6.57. The Labute approximate surface area is 87.7 Å². The van der Waals surface area contributed by atoms with Gasteiger partial charge in [-0.2, -0.15) is 5.11 Å². The highest BCUT2D eigenvalue weighted by Crippen LogP contribution is 2.14. The molecule has 0 aliphatic heterocycles. The molecule has 0 aliphatic carbocycles. The van der Waals surface area contributed by atoms with Crippen LogP contribution in [0.2, 0.25) is 0 Å². The molecule has 0 spiro atoms. The molecule has 0 aromatic heterocycles. The van der Waals surface area contributed by atoms with E-state index in [1.165, 1.54) is 11.1 Å². The number of hydrogen-bond acceptors (Lipinski definition) is 2. The van der Waals surface area contributed by atoms with Gasteiger partial charge in [-0.25, -0.2) is 0 Å². The summed E-state index contributed by atoms with van der Waals surface area (Å²) in [6, 6.07) is 0.355. The summed E-state index contributed by atoms with van der Waals surface area (Å²) in [5.74, 6) is 0.554. The first-order valence-corrected chi connectivity index (χ1v) is 5.23. The van der Waals surface area contributed by atoms with Crippen molar-refractivity contribution >= 4 is 0 Å². The molecule has 0 saturated carbocycles. The third kappa shape index (κ3) is 5.73. The molecule has 0 aliphatic rings. The van der Waals surface area contributed by atoms with Crippen molar-refractivity contribution in [2.75, 3.05) is 6.54 Å². The Morgan fingerprint density at radius 1 is 1.14 bits per heavy atom. The summed E-state index contributed by atoms with van der Waals surface area (Å²) in [5.41, 5.74) is 5.64. The van der Waals surface area contributed by atoms with Gasteiger partial charge in [0.15, 0.2) is 0 Å². The summed E-state index contributed by atoms with van der Waals surface area (Å²) in [6.07, 6.45) is 0. The van der Waals surface area contributed by atoms with Gasteiger partial charge < -0.3 is 0 Å². The van der Waals surface area contributed by atoms with Crippen molar-refractivity contribution in [2.45, 2.75) is 47.6 Å². The van der Waals surface area contributed by atoms with Gasteiger partial charge in [-0.15, -0.1) is 0 Å². The Kier molecular flexibility index (Phi) is 6.17. The molecule has 3 heteroatoms. The minimum Gasteiger partial charge on any atom is -0.289 e. The molecule has 0 aromatic rings. The van der Waals surface area contributed by atoms with Crippen molar-refractivity contribution in [1.29, 1.82) is 0 Å². The molecule has 0 bridgehead atoms. The van der Waals surface area contributed by atoms with Crippen LogP contribution in [-0.2, 0) is 0 Å². The van der Waals surface area contributed by atoms with Gasteiger partial charge in [-0.1, -0.05) is 24.6 Å². The number of nitrogens with one attached hydrogen (secondary N) is 1. The van der Waals surface area contributed by atoms with E-state index in [-0.39, 0.29) is 0 Å². The van der Waals surface area contributed by atoms with Crippen molar-refractivity contribution < 1.29 is 0 Å². The molecule has 3 nitrogen and oxygen atoms in total. The Morgan fingerprint density at radius 2 is 1.71 bits per heavy atom. The molecule has 0 radical (unpaired) electrons. The third-order valence-electron chi connectivity index (χ3n) is 1.97. The average Bonchev–Trinajstić information content (AvgIpc) is 2.01. The van der Waals surface area contributed by atoms with Gasteiger partial charge >= 0.3 is 0 Å². The molecular formula is C11H23N3. The topological polar surface area (TPSA) is 36.8 Å². The summed E-state index contributed by atoms with van der Waals surface area (Å²) >= 11 is 0. The SMILES string of the molecule is CC(C)=C(C/N=N\NC(C)C)C(C)C. The fourth-order valence-electron chi connectivity index (χ4n) is 1.19. The fourth-order valence-corrected chi connectivity index (χ4v) is 1.19. The van der Waals surface area contributed by atoms with E-state index in [2.05, 4.69) is 43.5 Å². The zero-order valence-corrected chi connectivity index (χ0v) is 10.3. The van der Waals surface area contributed by atoms with E-state index in [0.29, 0.717) is 18.5 Å². The molecule has 14 heavy (non-hydrogen) atoms. The Balaban J connectivity index is 4.09. The van der Waals surface area contributed by atoms with Crippen molar-refractivity contribution in [3.05, 3.63) is 11.1 Å². The van der Waals surface area contributed by atoms with E-state index in [1.54, 1.807) is 0 Å². The lowest BCUT2D eigenvalue weighted by atomic mass is 9.99. The largest absolute Gasteiger partial charge is 0.289 e. The van der Waals surface area contributed by atoms with Crippen LogP contribution in [0.4, 0.5) is 0 Å². The first-order valence-electron chi connectivity index (χ1n) is 5.23. The van der Waals surface area contributed by atoms with E-state index in [9.17, 15) is 0 Å². The number of rotatable bonds is 5. The zero-order valence-electron chi connectivity index (χ0n) is 10.3. The number of hydrogen-bond donors (Lipinski definition) is 1. The minimum absolute atomic E-state index is 0.355. The molecule has 0 rings (SSSR count). The van der Waals surface area contributed by atoms with Crippen LogP contribution in [0.5, 0.6) is 0 Å². The van der Waals surface area contributed by atoms with Crippen molar-refractivity contribution in [3.8, 4) is 0 Å². The molecular weight excluding hydrogens is 174 g/mol. The Hall–Kier alpha value is -0.860. The first-order chi connectivity index (χ1) is 6.45. The average molecular weight is 197 g/mol. The molecule has 0 heterocycles. The van der Waals surface area contributed by atoms with Crippen LogP contribution in [0, 0.1) is 5.92 Å². The summed E-state index contributed by atoms with van der Waals surface area (Å²) in [5, 5.41) is 8.03. The Bertz CT molecular complexity index is 211. The number of nitrogens with zero attached hydrogens (tertiary/aromatic N) is 2. The van der Waals surface area contributed by atoms with Gasteiger partial charge in [-0.05, 0) is 39.2 Å². The second-order valence-electron chi connectivity index (χ2n) is 4.36. The first kappa shape index (κ1) is 13.1. The second-order valence-corrected chi connectivity index (χ2v) is 4.36. The molecule has 0 saturated heterocycles. The Morgan fingerprint density at radius 3 is 2.07 bits per heavy atom. The van der Waals surface area contributed by atoms with Crippen LogP contribution < -0.4 is 5.43 Å². The maximum Gasteiger partial charge on any atom is 0.0835 e. The molecule has 0 atom stereocenters. The van der Waals surface area contributed by atoms with Crippen LogP contribution in [0.15, 0.2) is 21.5 Å². The van der Waals surface area contributed by atoms with E-state index in [1.807, 2.05) is 13.8 Å². The quantitative estimate of drug-likeness (QED) is 0.409. The van der Waals surface area contributed by atoms with Gasteiger partial charge in [-0.3, -0.25) is 5.43 Å². The molecule has 1 N–H and O–H groups in total. The summed E-state index contributed by atoms with van der Waals surface area (Å²) in [4.78, 5) is 0. The molecule has 0 unspecified atom stereocenters. The van der Waals surface area contributed by atoms with Crippen LogP contribution in [0.1, 0.15) is 41.5 Å². The minimum atomic E-state index is 0.355. The summed E-state index contributed by atoms with van der Waals surface area (Å²) in [6.45, 7) is 13.4. The van der Waals surface area contributed by atoms with Crippen molar-refractivity contribution in [3.63, 3.8) is 0 Å². The molecule has 82 valence electrons. The van der Waals surface area contributed by atoms with Gasteiger partial charge in [0.2, 0.25) is 0 Å². The molecule has 0 amide bonds. The highest BCUT2D eigenvalue weighted by Gasteiger charge is 2.03. The van der Waals surface area contributed by atoms with Crippen molar-refractivity contribution in [1.82, 2.24) is 5.43 Å². The lowest BCUT2D eigenvalue weighted by Gasteiger charge is -2.10. The maximum absolute atomic E-state index is 4.11. The van der Waals surface area contributed by atoms with Crippen LogP contribution in [-0.4, -0.2) is 12.6 Å². The zero-order chi connectivity index (χ0) is 11.1. The molecule has 0 fully saturated rings. The van der Waals surface area contributed by atoms with Crippen LogP contribution in [0.25, 0.3) is 0 Å². The predicted octanol–water partition coefficient (Wildman–Crippen LogP) is 3.34. The third-order valence-corrected chi connectivity index (χ3v) is 1.97. The maximum atomic E-state index is 4.11. The van der Waals surface area contributed by atoms with Crippen LogP contribution in [0.3, 0.4) is 0 Å². The summed E-state index contributed by atoms with van der Waals surface area (Å²) < 4.78 is 0. The highest BCUT2D eigenvalue weighted by atomic mass is 15.4. The lowest BCUT2D eigenvalue weighted by molar-refractivity contribution is 0.578. The van der Waals surface area contributed by atoms with E-state index in [4.69, 9.17) is 0 Å². The fraction of sp³-hybridized carbons (Fsp3) is 0.818. The van der Waals surface area contributed by atoms with Gasteiger partial charge in [0, 0.05) is 6.04 Å². The monoisotopic (exact) mass is 197 g/mol. The van der Waals surface area contributed by atoms with Gasteiger partial charge in [0.25, 0.3) is 0 Å². The smallest absolute Gasteiger partial charge is 0.0835 e. The number of allylic oxidation sites excluding steroid dienone is 1. The summed E-state index contributed by atoms with van der Waals surface area (Å²) in [7, 11) is 0.